The molecule has 0 rings (SSSR count). The number of carbonyl (C=O) groups is 1. The highest BCUT2D eigenvalue weighted by Gasteiger charge is 2.16. The molecule has 0 aliphatic heterocycles. The molecule has 0 amide bonds. The lowest BCUT2D eigenvalue weighted by Gasteiger charge is -2.18. The second-order valence-corrected chi connectivity index (χ2v) is 6.18. The highest BCUT2D eigenvalue weighted by Crippen LogP contribution is 2.14. The van der Waals surface area contributed by atoms with E-state index in [1.807, 2.05) is 19.1 Å². The first-order chi connectivity index (χ1) is 11.0. The predicted molar refractivity (Wildman–Crippen MR) is 91.3 cm³/mol. The summed E-state index contributed by atoms with van der Waals surface area (Å²) in [5.74, 6) is -0.744. The van der Waals surface area contributed by atoms with Crippen LogP contribution in [0.5, 0.6) is 0 Å². The first-order valence-corrected chi connectivity index (χ1v) is 8.88. The molecular weight excluding hydrogens is 296 g/mol. The second-order valence-electron chi connectivity index (χ2n) is 6.18. The van der Waals surface area contributed by atoms with E-state index in [1.54, 1.807) is 0 Å². The average molecular weight is 330 g/mol. The van der Waals surface area contributed by atoms with Gasteiger partial charge < -0.3 is 20.4 Å². The highest BCUT2D eigenvalue weighted by molar-refractivity contribution is 5.66. The van der Waals surface area contributed by atoms with Crippen LogP contribution in [0.15, 0.2) is 12.2 Å². The Bertz CT molecular complexity index is 317. The van der Waals surface area contributed by atoms with Crippen LogP contribution in [0.25, 0.3) is 0 Å². The van der Waals surface area contributed by atoms with E-state index in [2.05, 4.69) is 0 Å². The molecule has 0 unspecified atom stereocenters. The maximum Gasteiger partial charge on any atom is 0.303 e. The third-order valence-electron chi connectivity index (χ3n) is 3.95. The molecule has 23 heavy (non-hydrogen) atoms. The Kier molecular flexibility index (Phi) is 14.1. The number of rotatable bonds is 15. The van der Waals surface area contributed by atoms with E-state index in [0.717, 1.165) is 32.1 Å². The number of hydrogen-bond acceptors (Lipinski definition) is 4. The summed E-state index contributed by atoms with van der Waals surface area (Å²) in [7, 11) is 0. The highest BCUT2D eigenvalue weighted by atomic mass is 16.4. The summed E-state index contributed by atoms with van der Waals surface area (Å²) >= 11 is 0. The van der Waals surface area contributed by atoms with Crippen molar-refractivity contribution in [3.05, 3.63) is 12.2 Å². The maximum atomic E-state index is 10.4. The van der Waals surface area contributed by atoms with Gasteiger partial charge in [-0.15, -0.1) is 0 Å². The van der Waals surface area contributed by atoms with E-state index < -0.39 is 24.3 Å². The van der Waals surface area contributed by atoms with Crippen LogP contribution in [-0.2, 0) is 4.79 Å². The summed E-state index contributed by atoms with van der Waals surface area (Å²) in [4.78, 5) is 10.4. The van der Waals surface area contributed by atoms with Crippen LogP contribution in [0.3, 0.4) is 0 Å². The first kappa shape index (κ1) is 22.1. The van der Waals surface area contributed by atoms with Crippen molar-refractivity contribution in [3.8, 4) is 0 Å². The van der Waals surface area contributed by atoms with Gasteiger partial charge in [0.1, 0.15) is 0 Å². The Morgan fingerprint density at radius 1 is 0.870 bits per heavy atom. The number of allylic oxidation sites excluding steroid dienone is 1. The Labute approximate surface area is 140 Å². The van der Waals surface area contributed by atoms with E-state index >= 15 is 0 Å². The molecule has 136 valence electrons. The minimum absolute atomic E-state index is 0.232. The fourth-order valence-corrected chi connectivity index (χ4v) is 2.45. The molecule has 0 fully saturated rings. The summed E-state index contributed by atoms with van der Waals surface area (Å²) in [6.45, 7) is 2.02. The zero-order valence-electron chi connectivity index (χ0n) is 14.4. The van der Waals surface area contributed by atoms with Gasteiger partial charge in [0.2, 0.25) is 0 Å². The van der Waals surface area contributed by atoms with Gasteiger partial charge in [0, 0.05) is 6.42 Å². The lowest BCUT2D eigenvalue weighted by molar-refractivity contribution is -0.137. The fraction of sp³-hybridized carbons (Fsp3) is 0.833. The molecule has 0 aliphatic carbocycles. The molecule has 0 aliphatic rings. The van der Waals surface area contributed by atoms with Crippen molar-refractivity contribution in [1.82, 2.24) is 0 Å². The van der Waals surface area contributed by atoms with E-state index in [4.69, 9.17) is 5.11 Å². The second kappa shape index (κ2) is 14.7. The number of hydrogen-bond donors (Lipinski definition) is 4. The number of carboxylic acids is 1. The molecule has 0 bridgehead atoms. The van der Waals surface area contributed by atoms with Crippen molar-refractivity contribution in [2.45, 2.75) is 95.9 Å². The molecule has 0 spiro atoms. The summed E-state index contributed by atoms with van der Waals surface area (Å²) in [5, 5.41) is 38.0. The molecule has 0 heterocycles. The fourth-order valence-electron chi connectivity index (χ4n) is 2.45. The SMILES string of the molecule is CC/C=C\C[C@H](O)[C@H](O)CC[C@H](O)CCCCCCCC(=O)O. The number of aliphatic hydroxyl groups excluding tert-OH is 3. The van der Waals surface area contributed by atoms with Gasteiger partial charge in [-0.3, -0.25) is 4.79 Å². The zero-order valence-corrected chi connectivity index (χ0v) is 14.4. The molecule has 0 aromatic carbocycles. The Morgan fingerprint density at radius 3 is 2.17 bits per heavy atom. The summed E-state index contributed by atoms with van der Waals surface area (Å²) in [6.07, 6.45) is 9.54. The molecule has 3 atom stereocenters. The van der Waals surface area contributed by atoms with Gasteiger partial charge in [0.15, 0.2) is 0 Å². The van der Waals surface area contributed by atoms with Crippen molar-refractivity contribution >= 4 is 5.97 Å². The van der Waals surface area contributed by atoms with Gasteiger partial charge in [-0.05, 0) is 38.5 Å². The lowest BCUT2D eigenvalue weighted by Crippen LogP contribution is -2.26. The molecule has 5 nitrogen and oxygen atoms in total. The van der Waals surface area contributed by atoms with E-state index in [0.29, 0.717) is 32.1 Å². The van der Waals surface area contributed by atoms with Gasteiger partial charge in [-0.2, -0.15) is 0 Å². The van der Waals surface area contributed by atoms with E-state index in [-0.39, 0.29) is 6.42 Å². The molecule has 0 saturated heterocycles. The van der Waals surface area contributed by atoms with Crippen molar-refractivity contribution in [2.24, 2.45) is 0 Å². The Morgan fingerprint density at radius 2 is 1.52 bits per heavy atom. The smallest absolute Gasteiger partial charge is 0.303 e. The van der Waals surface area contributed by atoms with Gasteiger partial charge >= 0.3 is 5.97 Å². The lowest BCUT2D eigenvalue weighted by atomic mass is 10.00. The minimum Gasteiger partial charge on any atom is -0.481 e. The first-order valence-electron chi connectivity index (χ1n) is 8.88. The quantitative estimate of drug-likeness (QED) is 0.273. The standard InChI is InChI=1S/C18H34O5/c1-2-3-7-11-16(20)17(21)14-13-15(19)10-8-5-4-6-9-12-18(22)23/h3,7,15-17,19-21H,2,4-6,8-14H2,1H3,(H,22,23)/b7-3-/t15-,16+,17-/m1/s1. The van der Waals surface area contributed by atoms with Crippen molar-refractivity contribution in [1.29, 1.82) is 0 Å². The number of aliphatic hydroxyl groups is 3. The van der Waals surface area contributed by atoms with Crippen molar-refractivity contribution in [2.75, 3.05) is 0 Å². The van der Waals surface area contributed by atoms with Crippen molar-refractivity contribution in [3.63, 3.8) is 0 Å². The molecule has 0 aromatic heterocycles. The molecular formula is C18H34O5. The van der Waals surface area contributed by atoms with Gasteiger partial charge in [-0.1, -0.05) is 44.8 Å². The third kappa shape index (κ3) is 14.4. The van der Waals surface area contributed by atoms with Crippen LogP contribution in [0.2, 0.25) is 0 Å². The summed E-state index contributed by atoms with van der Waals surface area (Å²) in [6, 6.07) is 0. The molecule has 5 heteroatoms. The topological polar surface area (TPSA) is 98.0 Å². The maximum absolute atomic E-state index is 10.4. The van der Waals surface area contributed by atoms with Crippen LogP contribution in [-0.4, -0.2) is 44.7 Å². The average Bonchev–Trinajstić information content (AvgIpc) is 2.51. The van der Waals surface area contributed by atoms with Crippen LogP contribution < -0.4 is 0 Å². The molecule has 4 N–H and O–H groups in total. The number of aliphatic carboxylic acids is 1. The summed E-state index contributed by atoms with van der Waals surface area (Å²) in [5.41, 5.74) is 0. The number of unbranched alkanes of at least 4 members (excludes halogenated alkanes) is 4. The summed E-state index contributed by atoms with van der Waals surface area (Å²) < 4.78 is 0. The van der Waals surface area contributed by atoms with Crippen LogP contribution in [0.1, 0.15) is 77.6 Å². The van der Waals surface area contributed by atoms with Gasteiger partial charge in [0.05, 0.1) is 18.3 Å². The van der Waals surface area contributed by atoms with E-state index in [9.17, 15) is 20.1 Å². The monoisotopic (exact) mass is 330 g/mol. The third-order valence-corrected chi connectivity index (χ3v) is 3.95. The van der Waals surface area contributed by atoms with E-state index in [1.165, 1.54) is 0 Å². The Balaban J connectivity index is 3.56. The Hall–Kier alpha value is -0.910. The number of carboxylic acid groups (broad SMARTS) is 1. The van der Waals surface area contributed by atoms with Crippen LogP contribution >= 0.6 is 0 Å². The molecule has 0 aromatic rings. The predicted octanol–water partition coefficient (Wildman–Crippen LogP) is 3.02. The molecule has 0 saturated carbocycles. The minimum atomic E-state index is -0.790. The van der Waals surface area contributed by atoms with Crippen molar-refractivity contribution < 1.29 is 25.2 Å². The zero-order chi connectivity index (χ0) is 17.5. The normalized spacial score (nSPS) is 15.7. The van der Waals surface area contributed by atoms with Crippen LogP contribution in [0, 0.1) is 0 Å². The molecule has 0 radical (unpaired) electrons. The van der Waals surface area contributed by atoms with Gasteiger partial charge in [-0.25, -0.2) is 0 Å². The largest absolute Gasteiger partial charge is 0.481 e. The van der Waals surface area contributed by atoms with Gasteiger partial charge in [0.25, 0.3) is 0 Å². The van der Waals surface area contributed by atoms with Crippen LogP contribution in [0.4, 0.5) is 0 Å².